The van der Waals surface area contributed by atoms with E-state index in [4.69, 9.17) is 28.9 Å². The zero-order valence-corrected chi connectivity index (χ0v) is 10.7. The van der Waals surface area contributed by atoms with Crippen LogP contribution < -0.4 is 11.1 Å². The van der Waals surface area contributed by atoms with Crippen LogP contribution in [0.5, 0.6) is 0 Å². The number of nitrogens with two attached hydrogens (primary N) is 1. The number of primary amides is 1. The van der Waals surface area contributed by atoms with Gasteiger partial charge < -0.3 is 5.73 Å². The van der Waals surface area contributed by atoms with Crippen LogP contribution in [-0.2, 0) is 11.3 Å². The maximum absolute atomic E-state index is 11.1. The van der Waals surface area contributed by atoms with Crippen LogP contribution in [0.3, 0.4) is 0 Å². The van der Waals surface area contributed by atoms with Gasteiger partial charge in [0, 0.05) is 6.54 Å². The van der Waals surface area contributed by atoms with E-state index < -0.39 is 11.4 Å². The maximum atomic E-state index is 11.1. The number of nitrogens with one attached hydrogen (secondary N) is 1. The SMILES string of the molecule is CC(C)(NCc1cccc(Cl)c1Cl)C(N)=O. The Kier molecular flexibility index (Phi) is 4.19. The number of rotatable bonds is 4. The molecule has 1 aromatic rings. The second-order valence-corrected chi connectivity index (χ2v) is 4.84. The van der Waals surface area contributed by atoms with E-state index in [1.54, 1.807) is 19.9 Å². The fraction of sp³-hybridized carbons (Fsp3) is 0.364. The smallest absolute Gasteiger partial charge is 0.237 e. The van der Waals surface area contributed by atoms with Gasteiger partial charge in [0.1, 0.15) is 0 Å². The van der Waals surface area contributed by atoms with Crippen LogP contribution in [0, 0.1) is 0 Å². The highest BCUT2D eigenvalue weighted by Crippen LogP contribution is 2.25. The molecule has 16 heavy (non-hydrogen) atoms. The molecule has 0 bridgehead atoms. The standard InChI is InChI=1S/C11H14Cl2N2O/c1-11(2,10(14)16)15-6-7-4-3-5-8(12)9(7)13/h3-5,15H,6H2,1-2H3,(H2,14,16). The summed E-state index contributed by atoms with van der Waals surface area (Å²) in [6, 6.07) is 5.37. The van der Waals surface area contributed by atoms with Gasteiger partial charge in [0.15, 0.2) is 0 Å². The van der Waals surface area contributed by atoms with Crippen molar-refractivity contribution in [2.24, 2.45) is 5.73 Å². The molecule has 0 spiro atoms. The second kappa shape index (κ2) is 5.04. The van der Waals surface area contributed by atoms with Gasteiger partial charge in [-0.25, -0.2) is 0 Å². The molecular weight excluding hydrogens is 247 g/mol. The highest BCUT2D eigenvalue weighted by Gasteiger charge is 2.24. The van der Waals surface area contributed by atoms with Gasteiger partial charge in [-0.05, 0) is 25.5 Å². The van der Waals surface area contributed by atoms with Crippen molar-refractivity contribution in [2.45, 2.75) is 25.9 Å². The van der Waals surface area contributed by atoms with E-state index in [9.17, 15) is 4.79 Å². The van der Waals surface area contributed by atoms with Gasteiger partial charge in [-0.3, -0.25) is 10.1 Å². The minimum Gasteiger partial charge on any atom is -0.368 e. The lowest BCUT2D eigenvalue weighted by Gasteiger charge is -2.22. The molecule has 0 aliphatic rings. The number of halogens is 2. The topological polar surface area (TPSA) is 55.1 Å². The van der Waals surface area contributed by atoms with Crippen LogP contribution in [0.1, 0.15) is 19.4 Å². The van der Waals surface area contributed by atoms with Crippen LogP contribution >= 0.6 is 23.2 Å². The van der Waals surface area contributed by atoms with E-state index in [0.717, 1.165) is 5.56 Å². The highest BCUT2D eigenvalue weighted by molar-refractivity contribution is 6.42. The fourth-order valence-electron chi connectivity index (χ4n) is 1.09. The molecule has 0 saturated carbocycles. The molecule has 1 rings (SSSR count). The molecule has 3 nitrogen and oxygen atoms in total. The van der Waals surface area contributed by atoms with Crippen molar-refractivity contribution in [3.63, 3.8) is 0 Å². The molecular formula is C11H14Cl2N2O. The summed E-state index contributed by atoms with van der Waals surface area (Å²) in [5.41, 5.74) is 5.31. The van der Waals surface area contributed by atoms with Gasteiger partial charge in [-0.2, -0.15) is 0 Å². The minimum atomic E-state index is -0.772. The van der Waals surface area contributed by atoms with Crippen molar-refractivity contribution in [3.8, 4) is 0 Å². The third kappa shape index (κ3) is 3.11. The summed E-state index contributed by atoms with van der Waals surface area (Å²) in [6.45, 7) is 3.87. The molecule has 0 saturated heterocycles. The third-order valence-electron chi connectivity index (χ3n) is 2.37. The Morgan fingerprint density at radius 3 is 2.62 bits per heavy atom. The van der Waals surface area contributed by atoms with Crippen LogP contribution in [-0.4, -0.2) is 11.4 Å². The zero-order valence-electron chi connectivity index (χ0n) is 9.18. The van der Waals surface area contributed by atoms with Crippen LogP contribution in [0.15, 0.2) is 18.2 Å². The summed E-state index contributed by atoms with van der Waals surface area (Å²) < 4.78 is 0. The highest BCUT2D eigenvalue weighted by atomic mass is 35.5. The summed E-state index contributed by atoms with van der Waals surface area (Å²) >= 11 is 11.9. The number of carbonyl (C=O) groups excluding carboxylic acids is 1. The van der Waals surface area contributed by atoms with Crippen LogP contribution in [0.25, 0.3) is 0 Å². The van der Waals surface area contributed by atoms with Crippen LogP contribution in [0.2, 0.25) is 10.0 Å². The molecule has 0 heterocycles. The molecule has 1 aromatic carbocycles. The van der Waals surface area contributed by atoms with Gasteiger partial charge in [0.25, 0.3) is 0 Å². The largest absolute Gasteiger partial charge is 0.368 e. The Balaban J connectivity index is 2.76. The number of benzene rings is 1. The Hall–Kier alpha value is -0.770. The Labute approximate surface area is 105 Å². The average Bonchev–Trinajstić information content (AvgIpc) is 2.20. The minimum absolute atomic E-state index is 0.411. The van der Waals surface area contributed by atoms with Gasteiger partial charge in [0.05, 0.1) is 15.6 Å². The zero-order chi connectivity index (χ0) is 12.3. The van der Waals surface area contributed by atoms with Crippen molar-refractivity contribution < 1.29 is 4.79 Å². The summed E-state index contributed by atoms with van der Waals surface area (Å²) in [5.74, 6) is -0.411. The molecule has 1 amide bonds. The Morgan fingerprint density at radius 2 is 2.06 bits per heavy atom. The molecule has 0 aliphatic heterocycles. The molecule has 3 N–H and O–H groups in total. The Morgan fingerprint density at radius 1 is 1.44 bits per heavy atom. The quantitative estimate of drug-likeness (QED) is 0.874. The van der Waals surface area contributed by atoms with Gasteiger partial charge in [0.2, 0.25) is 5.91 Å². The lowest BCUT2D eigenvalue weighted by atomic mass is 10.0. The summed E-state index contributed by atoms with van der Waals surface area (Å²) in [7, 11) is 0. The number of carbonyl (C=O) groups is 1. The first-order valence-electron chi connectivity index (χ1n) is 4.82. The van der Waals surface area contributed by atoms with Crippen molar-refractivity contribution in [2.75, 3.05) is 0 Å². The van der Waals surface area contributed by atoms with E-state index in [1.807, 2.05) is 12.1 Å². The Bertz CT molecular complexity index is 405. The lowest BCUT2D eigenvalue weighted by molar-refractivity contribution is -0.123. The molecule has 88 valence electrons. The molecule has 0 fully saturated rings. The summed E-state index contributed by atoms with van der Waals surface area (Å²) in [5, 5.41) is 4.02. The van der Waals surface area contributed by atoms with E-state index in [-0.39, 0.29) is 0 Å². The van der Waals surface area contributed by atoms with E-state index >= 15 is 0 Å². The van der Waals surface area contributed by atoms with E-state index in [0.29, 0.717) is 16.6 Å². The number of hydrogen-bond acceptors (Lipinski definition) is 2. The van der Waals surface area contributed by atoms with E-state index in [1.165, 1.54) is 0 Å². The average molecular weight is 261 g/mol. The van der Waals surface area contributed by atoms with Gasteiger partial charge >= 0.3 is 0 Å². The molecule has 0 aromatic heterocycles. The van der Waals surface area contributed by atoms with Crippen molar-refractivity contribution in [1.29, 1.82) is 0 Å². The molecule has 0 aliphatic carbocycles. The van der Waals surface area contributed by atoms with Crippen molar-refractivity contribution in [1.82, 2.24) is 5.32 Å². The molecule has 5 heteroatoms. The number of amides is 1. The molecule has 0 unspecified atom stereocenters. The second-order valence-electron chi connectivity index (χ2n) is 4.06. The van der Waals surface area contributed by atoms with Crippen molar-refractivity contribution >= 4 is 29.1 Å². The first-order valence-corrected chi connectivity index (χ1v) is 5.58. The predicted molar refractivity (Wildman–Crippen MR) is 66.6 cm³/mol. The first kappa shape index (κ1) is 13.3. The fourth-order valence-corrected chi connectivity index (χ4v) is 1.48. The normalized spacial score (nSPS) is 11.5. The summed E-state index contributed by atoms with van der Waals surface area (Å²) in [4.78, 5) is 11.1. The lowest BCUT2D eigenvalue weighted by Crippen LogP contribution is -2.50. The molecule has 0 radical (unpaired) electrons. The monoisotopic (exact) mass is 260 g/mol. The van der Waals surface area contributed by atoms with Crippen LogP contribution in [0.4, 0.5) is 0 Å². The maximum Gasteiger partial charge on any atom is 0.237 e. The van der Waals surface area contributed by atoms with Gasteiger partial charge in [-0.15, -0.1) is 0 Å². The number of hydrogen-bond donors (Lipinski definition) is 2. The van der Waals surface area contributed by atoms with Gasteiger partial charge in [-0.1, -0.05) is 35.3 Å². The van der Waals surface area contributed by atoms with Crippen molar-refractivity contribution in [3.05, 3.63) is 33.8 Å². The first-order chi connectivity index (χ1) is 7.34. The predicted octanol–water partition coefficient (Wildman–Crippen LogP) is 2.35. The van der Waals surface area contributed by atoms with E-state index in [2.05, 4.69) is 5.32 Å². The third-order valence-corrected chi connectivity index (χ3v) is 3.23. The molecule has 0 atom stereocenters. The summed E-state index contributed by atoms with van der Waals surface area (Å²) in [6.07, 6.45) is 0.